The molecule has 1 atom stereocenters. The molecule has 0 aliphatic carbocycles. The van der Waals surface area contributed by atoms with Gasteiger partial charge in [0.2, 0.25) is 12.3 Å². The molecule has 0 bridgehead atoms. The average Bonchev–Trinajstić information content (AvgIpc) is 3.94. The number of aromatic nitrogens is 3. The normalized spacial score (nSPS) is 18.1. The molecular formula is C52H59F2N11O5. The number of carbonyl (C=O) groups excluding carboxylic acids is 4. The van der Waals surface area contributed by atoms with Gasteiger partial charge in [-0.1, -0.05) is 13.3 Å². The Hall–Kier alpha value is -6.97. The Labute approximate surface area is 406 Å². The number of hydrogen-bond donors (Lipinski definition) is 2. The van der Waals surface area contributed by atoms with Gasteiger partial charge in [-0.15, -0.1) is 0 Å². The number of nitrogens with zero attached hydrogens (tertiary/aromatic N) is 9. The van der Waals surface area contributed by atoms with E-state index in [9.17, 15) is 33.2 Å². The number of likely N-dealkylation sites (tertiary alicyclic amines) is 1. The zero-order chi connectivity index (χ0) is 48.9. The van der Waals surface area contributed by atoms with E-state index in [1.54, 1.807) is 21.8 Å². The van der Waals surface area contributed by atoms with Crippen LogP contribution < -0.4 is 25.2 Å². The van der Waals surface area contributed by atoms with Gasteiger partial charge < -0.3 is 29.7 Å². The van der Waals surface area contributed by atoms with Crippen LogP contribution in [0.5, 0.6) is 5.75 Å². The maximum Gasteiger partial charge on any atom is 0.255 e. The Kier molecular flexibility index (Phi) is 14.4. The minimum atomic E-state index is -0.768. The molecule has 70 heavy (non-hydrogen) atoms. The maximum atomic E-state index is 15.0. The summed E-state index contributed by atoms with van der Waals surface area (Å²) >= 11 is 0. The van der Waals surface area contributed by atoms with Gasteiger partial charge in [0.1, 0.15) is 35.3 Å². The Morgan fingerprint density at radius 3 is 2.41 bits per heavy atom. The van der Waals surface area contributed by atoms with Crippen LogP contribution in [0.15, 0.2) is 73.2 Å². The lowest BCUT2D eigenvalue weighted by Crippen LogP contribution is -2.61. The third-order valence-corrected chi connectivity index (χ3v) is 14.5. The van der Waals surface area contributed by atoms with Gasteiger partial charge in [-0.3, -0.25) is 29.4 Å². The first-order chi connectivity index (χ1) is 34.0. The first kappa shape index (κ1) is 48.1. The predicted molar refractivity (Wildman–Crippen MR) is 259 cm³/mol. The van der Waals surface area contributed by atoms with Gasteiger partial charge in [0, 0.05) is 87.5 Å². The largest absolute Gasteiger partial charge is 0.492 e. The summed E-state index contributed by atoms with van der Waals surface area (Å²) in [6, 6.07) is 16.2. The van der Waals surface area contributed by atoms with Crippen molar-refractivity contribution in [3.05, 3.63) is 107 Å². The van der Waals surface area contributed by atoms with Crippen molar-refractivity contribution in [3.8, 4) is 22.9 Å². The van der Waals surface area contributed by atoms with E-state index in [0.29, 0.717) is 93.2 Å². The number of halogens is 2. The van der Waals surface area contributed by atoms with Crippen molar-refractivity contribution in [2.45, 2.75) is 70.5 Å². The van der Waals surface area contributed by atoms with E-state index in [0.717, 1.165) is 105 Å². The lowest BCUT2D eigenvalue weighted by molar-refractivity contribution is -0.129. The fourth-order valence-electron chi connectivity index (χ4n) is 10.8. The van der Waals surface area contributed by atoms with Crippen molar-refractivity contribution in [1.82, 2.24) is 39.9 Å². The summed E-state index contributed by atoms with van der Waals surface area (Å²) in [5.41, 5.74) is 4.24. The summed E-state index contributed by atoms with van der Waals surface area (Å²) in [6.07, 6.45) is 9.75. The van der Waals surface area contributed by atoms with E-state index in [-0.39, 0.29) is 11.5 Å². The first-order valence-electron chi connectivity index (χ1n) is 24.4. The van der Waals surface area contributed by atoms with E-state index in [1.165, 1.54) is 6.20 Å². The molecule has 3 saturated heterocycles. The van der Waals surface area contributed by atoms with Crippen molar-refractivity contribution in [1.29, 1.82) is 5.26 Å². The number of piperidine rings is 2. The molecule has 0 saturated carbocycles. The number of piperazine rings is 1. The number of pyridine rings is 2. The van der Waals surface area contributed by atoms with Crippen LogP contribution in [0.1, 0.15) is 84.2 Å². The summed E-state index contributed by atoms with van der Waals surface area (Å²) in [5.74, 6) is -0.819. The number of benzene rings is 2. The Morgan fingerprint density at radius 2 is 1.71 bits per heavy atom. The second kappa shape index (κ2) is 20.9. The topological polar surface area (TPSA) is 172 Å². The van der Waals surface area contributed by atoms with Gasteiger partial charge in [0.25, 0.3) is 11.8 Å². The molecule has 5 aromatic rings. The third kappa shape index (κ3) is 10.2. The molecule has 4 amide bonds. The van der Waals surface area contributed by atoms with Crippen LogP contribution in [0.25, 0.3) is 16.6 Å². The van der Waals surface area contributed by atoms with Crippen LogP contribution >= 0.6 is 0 Å². The highest BCUT2D eigenvalue weighted by atomic mass is 19.1. The van der Waals surface area contributed by atoms with E-state index < -0.39 is 35.0 Å². The standard InChI is InChI=1S/C52H59F2N11O5/c1-3-5-46(50(68)57-34-66)64-31-37-24-40(8-9-42(37)51(64)69)62-22-20-60(21-23-62)30-35-12-16-61(17-13-35)33-52(59-49(67)44-25-39(53)7-10-45(44)54)14-18-63(19-15-52)47-11-6-36(28-56-47)43-26-41(70-4-2)32-65-48(43)38(27-55)29-58-65/h6-11,24-26,28-29,32,34-35,46H,3-5,12-23,30-31,33H2,1-2H3,(H,59,67)(H,57,66,68). The van der Waals surface area contributed by atoms with Crippen LogP contribution in [0, 0.1) is 28.9 Å². The van der Waals surface area contributed by atoms with Crippen molar-refractivity contribution >= 4 is 41.2 Å². The van der Waals surface area contributed by atoms with Gasteiger partial charge in [0.15, 0.2) is 0 Å². The van der Waals surface area contributed by atoms with Crippen LogP contribution in [-0.2, 0) is 16.1 Å². The van der Waals surface area contributed by atoms with Crippen LogP contribution in [0.3, 0.4) is 0 Å². The van der Waals surface area contributed by atoms with E-state index in [4.69, 9.17) is 9.72 Å². The number of amides is 4. The fraction of sp³-hybridized carbons (Fsp3) is 0.442. The minimum Gasteiger partial charge on any atom is -0.492 e. The number of rotatable bonds is 16. The zero-order valence-electron chi connectivity index (χ0n) is 39.7. The van der Waals surface area contributed by atoms with Crippen LogP contribution in [-0.4, -0.2) is 137 Å². The molecule has 0 spiro atoms. The lowest BCUT2D eigenvalue weighted by atomic mass is 9.85. The van der Waals surface area contributed by atoms with Crippen LogP contribution in [0.4, 0.5) is 20.3 Å². The van der Waals surface area contributed by atoms with Gasteiger partial charge >= 0.3 is 0 Å². The maximum absolute atomic E-state index is 15.0. The predicted octanol–water partition coefficient (Wildman–Crippen LogP) is 5.65. The first-order valence-corrected chi connectivity index (χ1v) is 24.4. The highest BCUT2D eigenvalue weighted by molar-refractivity contribution is 6.02. The summed E-state index contributed by atoms with van der Waals surface area (Å²) in [5, 5.41) is 19.6. The summed E-state index contributed by atoms with van der Waals surface area (Å²) in [6.45, 7) is 12.6. The Morgan fingerprint density at radius 1 is 0.929 bits per heavy atom. The van der Waals surface area contributed by atoms with Gasteiger partial charge in [-0.2, -0.15) is 10.4 Å². The molecule has 0 radical (unpaired) electrons. The van der Waals surface area contributed by atoms with Crippen molar-refractivity contribution in [2.75, 3.05) is 81.9 Å². The second-order valence-corrected chi connectivity index (χ2v) is 18.9. The number of ether oxygens (including phenoxy) is 1. The fourth-order valence-corrected chi connectivity index (χ4v) is 10.8. The Bertz CT molecular complexity index is 2770. The van der Waals surface area contributed by atoms with Crippen LogP contribution in [0.2, 0.25) is 0 Å². The van der Waals surface area contributed by atoms with Crippen molar-refractivity contribution in [2.24, 2.45) is 5.92 Å². The van der Waals surface area contributed by atoms with Crippen molar-refractivity contribution < 1.29 is 32.7 Å². The zero-order valence-corrected chi connectivity index (χ0v) is 39.7. The number of carbonyl (C=O) groups is 4. The highest BCUT2D eigenvalue weighted by Crippen LogP contribution is 2.35. The molecule has 2 aromatic carbocycles. The molecule has 3 aromatic heterocycles. The number of nitrogens with one attached hydrogen (secondary N) is 2. The molecule has 4 aliphatic rings. The number of fused-ring (bicyclic) bond motifs is 2. The lowest BCUT2D eigenvalue weighted by Gasteiger charge is -2.46. The van der Waals surface area contributed by atoms with Gasteiger partial charge in [-0.05, 0) is 118 Å². The summed E-state index contributed by atoms with van der Waals surface area (Å²) in [7, 11) is 0. The summed E-state index contributed by atoms with van der Waals surface area (Å²) in [4.78, 5) is 66.6. The monoisotopic (exact) mass is 955 g/mol. The molecule has 1 unspecified atom stereocenters. The molecule has 16 nitrogen and oxygen atoms in total. The molecule has 18 heteroatoms. The molecule has 2 N–H and O–H groups in total. The van der Waals surface area contributed by atoms with Gasteiger partial charge in [0.05, 0.1) is 41.2 Å². The summed E-state index contributed by atoms with van der Waals surface area (Å²) < 4.78 is 36.7. The third-order valence-electron chi connectivity index (χ3n) is 14.5. The van der Waals surface area contributed by atoms with E-state index in [2.05, 4.69) is 47.5 Å². The quantitative estimate of drug-likeness (QED) is 0.117. The molecule has 7 heterocycles. The number of imide groups is 1. The Balaban J connectivity index is 0.808. The average molecular weight is 956 g/mol. The smallest absolute Gasteiger partial charge is 0.255 e. The highest BCUT2D eigenvalue weighted by Gasteiger charge is 2.40. The molecule has 9 rings (SSSR count). The number of anilines is 2. The van der Waals surface area contributed by atoms with E-state index >= 15 is 0 Å². The van der Waals surface area contributed by atoms with Gasteiger partial charge in [-0.25, -0.2) is 18.3 Å². The number of hydrogen-bond acceptors (Lipinski definition) is 12. The molecule has 3 fully saturated rings. The van der Waals surface area contributed by atoms with E-state index in [1.807, 2.05) is 44.2 Å². The molecular weight excluding hydrogens is 897 g/mol. The number of nitriles is 1. The minimum absolute atomic E-state index is 0.186. The molecule has 4 aliphatic heterocycles. The SMILES string of the molecule is CCCC(C(=O)NC=O)N1Cc2cc(N3CCN(CC4CCN(CC5(NC(=O)c6cc(F)ccc6F)CCN(c6ccc(-c7cc(OCC)cn8ncc(C#N)c78)cn6)CC5)CC4)CC3)ccc2C1=O. The molecule has 366 valence electrons. The second-order valence-electron chi connectivity index (χ2n) is 18.9. The van der Waals surface area contributed by atoms with Crippen molar-refractivity contribution in [3.63, 3.8) is 0 Å².